The molecule has 0 aromatic carbocycles. The number of aryl methyl sites for hydroxylation is 1. The lowest BCUT2D eigenvalue weighted by atomic mass is 10.0. The van der Waals surface area contributed by atoms with Gasteiger partial charge in [-0.2, -0.15) is 5.26 Å². The minimum atomic E-state index is -0.678. The molecule has 0 spiro atoms. The number of aromatic nitrogens is 1. The first-order valence-corrected chi connectivity index (χ1v) is 5.79. The van der Waals surface area contributed by atoms with Gasteiger partial charge in [0.1, 0.15) is 11.6 Å². The second-order valence-corrected chi connectivity index (χ2v) is 4.40. The van der Waals surface area contributed by atoms with Crippen molar-refractivity contribution in [1.82, 2.24) is 4.98 Å². The first-order chi connectivity index (χ1) is 8.01. The van der Waals surface area contributed by atoms with Crippen molar-refractivity contribution in [2.24, 2.45) is 0 Å². The third kappa shape index (κ3) is 2.95. The number of pyridine rings is 1. The van der Waals surface area contributed by atoms with Gasteiger partial charge < -0.3 is 4.98 Å². The van der Waals surface area contributed by atoms with Crippen molar-refractivity contribution < 1.29 is 4.79 Å². The van der Waals surface area contributed by atoms with Crippen LogP contribution in [-0.2, 0) is 6.42 Å². The van der Waals surface area contributed by atoms with Gasteiger partial charge in [-0.15, -0.1) is 11.6 Å². The van der Waals surface area contributed by atoms with Crippen LogP contribution in [0.2, 0.25) is 0 Å². The maximum Gasteiger partial charge on any atom is 0.266 e. The number of nitrogens with one attached hydrogen (secondary N) is 1. The molecule has 1 N–H and O–H groups in total. The Labute approximate surface area is 104 Å². The molecule has 0 aliphatic rings. The Bertz CT molecular complexity index is 526. The molecule has 0 aliphatic carbocycles. The van der Waals surface area contributed by atoms with E-state index >= 15 is 0 Å². The van der Waals surface area contributed by atoms with Gasteiger partial charge in [-0.25, -0.2) is 0 Å². The third-order valence-electron chi connectivity index (χ3n) is 2.37. The summed E-state index contributed by atoms with van der Waals surface area (Å²) in [6, 6.07) is 3.08. The Morgan fingerprint density at radius 2 is 2.29 bits per heavy atom. The monoisotopic (exact) mass is 252 g/mol. The molecule has 0 fully saturated rings. The van der Waals surface area contributed by atoms with E-state index in [4.69, 9.17) is 16.9 Å². The normalized spacial score (nSPS) is 11.9. The predicted octanol–water partition coefficient (Wildman–Crippen LogP) is 2.01. The van der Waals surface area contributed by atoms with Crippen LogP contribution in [0.15, 0.2) is 10.9 Å². The van der Waals surface area contributed by atoms with Crippen LogP contribution in [0.1, 0.15) is 41.9 Å². The lowest BCUT2D eigenvalue weighted by molar-refractivity contribution is 0.0990. The van der Waals surface area contributed by atoms with E-state index in [1.807, 2.05) is 6.92 Å². The maximum absolute atomic E-state index is 11.9. The average Bonchev–Trinajstić information content (AvgIpc) is 2.29. The van der Waals surface area contributed by atoms with E-state index in [0.717, 1.165) is 6.42 Å². The van der Waals surface area contributed by atoms with E-state index in [1.54, 1.807) is 13.0 Å². The molecule has 0 saturated carbocycles. The molecule has 17 heavy (non-hydrogen) atoms. The molecule has 0 aliphatic heterocycles. The SMILES string of the molecule is CCCc1[nH]c(=O)c(C#N)cc1C(=O)C(C)Cl. The van der Waals surface area contributed by atoms with E-state index < -0.39 is 10.9 Å². The van der Waals surface area contributed by atoms with Crippen LogP contribution in [0, 0.1) is 11.3 Å². The van der Waals surface area contributed by atoms with E-state index in [-0.39, 0.29) is 11.3 Å². The number of rotatable bonds is 4. The number of H-pyrrole nitrogens is 1. The Morgan fingerprint density at radius 3 is 2.76 bits per heavy atom. The van der Waals surface area contributed by atoms with Crippen LogP contribution in [0.25, 0.3) is 0 Å². The summed E-state index contributed by atoms with van der Waals surface area (Å²) in [6.45, 7) is 3.51. The molecule has 1 aromatic rings. The molecular formula is C12H13ClN2O2. The van der Waals surface area contributed by atoms with Gasteiger partial charge in [-0.3, -0.25) is 9.59 Å². The van der Waals surface area contributed by atoms with E-state index in [9.17, 15) is 9.59 Å². The Hall–Kier alpha value is -1.60. The van der Waals surface area contributed by atoms with Gasteiger partial charge in [0.15, 0.2) is 5.78 Å². The van der Waals surface area contributed by atoms with Crippen molar-refractivity contribution in [2.75, 3.05) is 0 Å². The summed E-state index contributed by atoms with van der Waals surface area (Å²) >= 11 is 5.75. The zero-order valence-corrected chi connectivity index (χ0v) is 10.5. The second-order valence-electron chi connectivity index (χ2n) is 3.75. The summed E-state index contributed by atoms with van der Waals surface area (Å²) in [7, 11) is 0. The average molecular weight is 253 g/mol. The molecular weight excluding hydrogens is 240 g/mol. The van der Waals surface area contributed by atoms with Crippen LogP contribution >= 0.6 is 11.6 Å². The first kappa shape index (κ1) is 13.5. The third-order valence-corrected chi connectivity index (χ3v) is 2.57. The second kappa shape index (κ2) is 5.65. The summed E-state index contributed by atoms with van der Waals surface area (Å²) in [6.07, 6.45) is 1.37. The zero-order valence-electron chi connectivity index (χ0n) is 9.71. The van der Waals surface area contributed by atoms with Crippen molar-refractivity contribution in [3.8, 4) is 6.07 Å². The van der Waals surface area contributed by atoms with Crippen LogP contribution in [-0.4, -0.2) is 16.1 Å². The zero-order chi connectivity index (χ0) is 13.0. The predicted molar refractivity (Wildman–Crippen MR) is 65.4 cm³/mol. The smallest absolute Gasteiger partial charge is 0.266 e. The summed E-state index contributed by atoms with van der Waals surface area (Å²) in [5, 5.41) is 8.09. The van der Waals surface area contributed by atoms with Crippen molar-refractivity contribution in [2.45, 2.75) is 32.1 Å². The number of carbonyl (C=O) groups excluding carboxylic acids is 1. The van der Waals surface area contributed by atoms with Crippen molar-refractivity contribution in [3.63, 3.8) is 0 Å². The molecule has 0 bridgehead atoms. The summed E-state index contributed by atoms with van der Waals surface area (Å²) < 4.78 is 0. The van der Waals surface area contributed by atoms with Gasteiger partial charge in [-0.1, -0.05) is 13.3 Å². The summed E-state index contributed by atoms with van der Waals surface area (Å²) in [5.74, 6) is -0.275. The highest BCUT2D eigenvalue weighted by Gasteiger charge is 2.18. The van der Waals surface area contributed by atoms with Gasteiger partial charge >= 0.3 is 0 Å². The Morgan fingerprint density at radius 1 is 1.65 bits per heavy atom. The molecule has 90 valence electrons. The summed E-state index contributed by atoms with van der Waals surface area (Å²) in [4.78, 5) is 25.9. The van der Waals surface area contributed by atoms with Crippen LogP contribution in [0.5, 0.6) is 0 Å². The molecule has 1 rings (SSSR count). The molecule has 4 nitrogen and oxygen atoms in total. The number of hydrogen-bond acceptors (Lipinski definition) is 3. The van der Waals surface area contributed by atoms with Gasteiger partial charge in [0.25, 0.3) is 5.56 Å². The van der Waals surface area contributed by atoms with Gasteiger partial charge in [0, 0.05) is 11.3 Å². The number of hydrogen-bond donors (Lipinski definition) is 1. The molecule has 0 radical (unpaired) electrons. The largest absolute Gasteiger partial charge is 0.324 e. The van der Waals surface area contributed by atoms with Crippen LogP contribution in [0.3, 0.4) is 0 Å². The van der Waals surface area contributed by atoms with Gasteiger partial charge in [0.2, 0.25) is 0 Å². The number of Topliss-reactive ketones (excluding diaryl/α,β-unsaturated/α-hetero) is 1. The van der Waals surface area contributed by atoms with Crippen molar-refractivity contribution in [3.05, 3.63) is 33.2 Å². The quantitative estimate of drug-likeness (QED) is 0.658. The molecule has 0 saturated heterocycles. The van der Waals surface area contributed by atoms with Gasteiger partial charge in [0.05, 0.1) is 5.38 Å². The molecule has 5 heteroatoms. The number of carbonyl (C=O) groups is 1. The highest BCUT2D eigenvalue weighted by atomic mass is 35.5. The van der Waals surface area contributed by atoms with Crippen LogP contribution < -0.4 is 5.56 Å². The topological polar surface area (TPSA) is 73.7 Å². The molecule has 1 atom stereocenters. The minimum absolute atomic E-state index is 0.0643. The number of nitrogens with zero attached hydrogens (tertiary/aromatic N) is 1. The van der Waals surface area contributed by atoms with Crippen molar-refractivity contribution >= 4 is 17.4 Å². The highest BCUT2D eigenvalue weighted by Crippen LogP contribution is 2.13. The number of alkyl halides is 1. The lowest BCUT2D eigenvalue weighted by Gasteiger charge is -2.09. The number of nitriles is 1. The highest BCUT2D eigenvalue weighted by molar-refractivity contribution is 6.33. The van der Waals surface area contributed by atoms with E-state index in [0.29, 0.717) is 17.7 Å². The molecule has 1 heterocycles. The fraction of sp³-hybridized carbons (Fsp3) is 0.417. The minimum Gasteiger partial charge on any atom is -0.324 e. The maximum atomic E-state index is 11.9. The van der Waals surface area contributed by atoms with E-state index in [1.165, 1.54) is 6.07 Å². The fourth-order valence-electron chi connectivity index (χ4n) is 1.53. The number of aromatic amines is 1. The number of halogens is 1. The van der Waals surface area contributed by atoms with E-state index in [2.05, 4.69) is 4.98 Å². The molecule has 0 amide bonds. The molecule has 1 unspecified atom stereocenters. The van der Waals surface area contributed by atoms with Crippen LogP contribution in [0.4, 0.5) is 0 Å². The first-order valence-electron chi connectivity index (χ1n) is 5.35. The van der Waals surface area contributed by atoms with Crippen molar-refractivity contribution in [1.29, 1.82) is 5.26 Å². The summed E-state index contributed by atoms with van der Waals surface area (Å²) in [5.41, 5.74) is 0.361. The fourth-order valence-corrected chi connectivity index (χ4v) is 1.65. The Kier molecular flexibility index (Phi) is 4.47. The van der Waals surface area contributed by atoms with Gasteiger partial charge in [-0.05, 0) is 19.4 Å². The standard InChI is InChI=1S/C12H13ClN2O2/c1-3-4-10-9(11(16)7(2)13)5-8(6-14)12(17)15-10/h5,7H,3-4H2,1-2H3,(H,15,17). The number of ketones is 1. The Balaban J connectivity index is 3.40. The lowest BCUT2D eigenvalue weighted by Crippen LogP contribution is -2.20. The molecule has 1 aromatic heterocycles.